The van der Waals surface area contributed by atoms with Crippen LogP contribution >= 0.6 is 0 Å². The van der Waals surface area contributed by atoms with E-state index in [-0.39, 0.29) is 12.1 Å². The van der Waals surface area contributed by atoms with Crippen molar-refractivity contribution < 1.29 is 5.11 Å². The van der Waals surface area contributed by atoms with Crippen LogP contribution in [0, 0.1) is 11.3 Å². The van der Waals surface area contributed by atoms with E-state index in [0.717, 1.165) is 12.8 Å². The van der Waals surface area contributed by atoms with Gasteiger partial charge in [0.2, 0.25) is 0 Å². The lowest BCUT2D eigenvalue weighted by molar-refractivity contribution is 0.0665. The molecule has 2 rings (SSSR count). The van der Waals surface area contributed by atoms with Crippen LogP contribution in [0.5, 0.6) is 0 Å². The predicted octanol–water partition coefficient (Wildman–Crippen LogP) is 0.913. The molecule has 1 aliphatic carbocycles. The summed E-state index contributed by atoms with van der Waals surface area (Å²) in [4.78, 5) is 6.07. The number of aliphatic hydroxyl groups excluding tert-OH is 1. The van der Waals surface area contributed by atoms with Crippen LogP contribution in [0.4, 0.5) is 5.82 Å². The Labute approximate surface area is 88.8 Å². The fraction of sp³-hybridized carbons (Fsp3) is 0.455. The number of nitriles is 1. The first-order valence-corrected chi connectivity index (χ1v) is 5.00. The lowest BCUT2D eigenvalue weighted by Crippen LogP contribution is -2.49. The molecule has 1 aliphatic rings. The summed E-state index contributed by atoms with van der Waals surface area (Å²) in [7, 11) is 1.87. The zero-order valence-electron chi connectivity index (χ0n) is 8.59. The lowest BCUT2D eigenvalue weighted by Gasteiger charge is -2.40. The lowest BCUT2D eigenvalue weighted by atomic mass is 9.88. The minimum atomic E-state index is -0.288. The summed E-state index contributed by atoms with van der Waals surface area (Å²) in [5, 5.41) is 18.5. The fourth-order valence-electron chi connectivity index (χ4n) is 1.84. The van der Waals surface area contributed by atoms with Gasteiger partial charge in [0.05, 0.1) is 17.7 Å². The van der Waals surface area contributed by atoms with Crippen LogP contribution in [0.15, 0.2) is 18.3 Å². The summed E-state index contributed by atoms with van der Waals surface area (Å²) in [5.74, 6) is 0.656. The van der Waals surface area contributed by atoms with Crippen LogP contribution in [0.25, 0.3) is 0 Å². The van der Waals surface area contributed by atoms with Crippen molar-refractivity contribution in [2.24, 2.45) is 0 Å². The number of rotatable bonds is 2. The van der Waals surface area contributed by atoms with Gasteiger partial charge in [-0.3, -0.25) is 0 Å². The van der Waals surface area contributed by atoms with E-state index in [1.54, 1.807) is 18.3 Å². The van der Waals surface area contributed by atoms with E-state index in [4.69, 9.17) is 5.26 Å². The van der Waals surface area contributed by atoms with Crippen molar-refractivity contribution in [1.29, 1.82) is 5.26 Å². The molecule has 4 heteroatoms. The van der Waals surface area contributed by atoms with Crippen molar-refractivity contribution in [3.05, 3.63) is 23.9 Å². The van der Waals surface area contributed by atoms with Crippen molar-refractivity contribution in [2.75, 3.05) is 11.9 Å². The molecule has 0 spiro atoms. The molecule has 1 saturated carbocycles. The van der Waals surface area contributed by atoms with E-state index in [1.807, 2.05) is 11.9 Å². The third-order valence-electron chi connectivity index (χ3n) is 2.94. The summed E-state index contributed by atoms with van der Waals surface area (Å²) in [6.45, 7) is 0. The van der Waals surface area contributed by atoms with Crippen molar-refractivity contribution in [2.45, 2.75) is 25.0 Å². The second kappa shape index (κ2) is 3.87. The van der Waals surface area contributed by atoms with E-state index in [2.05, 4.69) is 11.1 Å². The van der Waals surface area contributed by atoms with Crippen molar-refractivity contribution in [1.82, 2.24) is 4.98 Å². The molecule has 0 saturated heterocycles. The number of aromatic nitrogens is 1. The fourth-order valence-corrected chi connectivity index (χ4v) is 1.84. The molecule has 15 heavy (non-hydrogen) atoms. The Balaban J connectivity index is 2.25. The van der Waals surface area contributed by atoms with Crippen molar-refractivity contribution >= 4 is 5.82 Å². The van der Waals surface area contributed by atoms with Crippen LogP contribution in [0.2, 0.25) is 0 Å². The zero-order chi connectivity index (χ0) is 10.8. The smallest absolute Gasteiger partial charge is 0.146 e. The van der Waals surface area contributed by atoms with Crippen LogP contribution < -0.4 is 4.90 Å². The monoisotopic (exact) mass is 203 g/mol. The van der Waals surface area contributed by atoms with Gasteiger partial charge < -0.3 is 10.0 Å². The first-order valence-electron chi connectivity index (χ1n) is 5.00. The number of likely N-dealkylation sites (N-methyl/N-ethyl adjacent to an activating group) is 1. The van der Waals surface area contributed by atoms with Gasteiger partial charge in [0, 0.05) is 13.2 Å². The normalized spacial score (nSPS) is 24.1. The van der Waals surface area contributed by atoms with Gasteiger partial charge in [0.1, 0.15) is 11.9 Å². The average Bonchev–Trinajstić information content (AvgIpc) is 2.26. The van der Waals surface area contributed by atoms with E-state index in [0.29, 0.717) is 11.4 Å². The highest BCUT2D eigenvalue weighted by molar-refractivity contribution is 5.54. The van der Waals surface area contributed by atoms with Crippen LogP contribution in [0.1, 0.15) is 18.4 Å². The molecular weight excluding hydrogens is 190 g/mol. The van der Waals surface area contributed by atoms with Crippen LogP contribution in [-0.4, -0.2) is 29.3 Å². The van der Waals surface area contributed by atoms with Gasteiger partial charge in [-0.15, -0.1) is 0 Å². The first kappa shape index (κ1) is 9.94. The molecular formula is C11H13N3O. The maximum absolute atomic E-state index is 9.55. The van der Waals surface area contributed by atoms with Gasteiger partial charge in [-0.05, 0) is 25.0 Å². The topological polar surface area (TPSA) is 60.2 Å². The Morgan fingerprint density at radius 2 is 2.40 bits per heavy atom. The van der Waals surface area contributed by atoms with Gasteiger partial charge in [0.25, 0.3) is 0 Å². The second-order valence-corrected chi connectivity index (χ2v) is 3.81. The molecule has 0 aromatic carbocycles. The Morgan fingerprint density at radius 1 is 1.60 bits per heavy atom. The highest BCUT2D eigenvalue weighted by Gasteiger charge is 2.33. The maximum atomic E-state index is 9.55. The van der Waals surface area contributed by atoms with Crippen LogP contribution in [0.3, 0.4) is 0 Å². The standard InChI is InChI=1S/C11H13N3O/c1-14(9-4-5-10(9)15)11-8(7-12)3-2-6-13-11/h2-3,6,9-10,15H,4-5H2,1H3. The molecule has 0 radical (unpaired) electrons. The second-order valence-electron chi connectivity index (χ2n) is 3.81. The molecule has 4 nitrogen and oxygen atoms in total. The number of hydrogen-bond acceptors (Lipinski definition) is 4. The maximum Gasteiger partial charge on any atom is 0.146 e. The molecule has 1 fully saturated rings. The van der Waals surface area contributed by atoms with Gasteiger partial charge in [-0.25, -0.2) is 4.98 Å². The number of anilines is 1. The van der Waals surface area contributed by atoms with Gasteiger partial charge in [-0.1, -0.05) is 0 Å². The highest BCUT2D eigenvalue weighted by atomic mass is 16.3. The average molecular weight is 203 g/mol. The van der Waals surface area contributed by atoms with Gasteiger partial charge in [0.15, 0.2) is 0 Å². The van der Waals surface area contributed by atoms with E-state index < -0.39 is 0 Å². The number of aliphatic hydroxyl groups is 1. The van der Waals surface area contributed by atoms with E-state index >= 15 is 0 Å². The van der Waals surface area contributed by atoms with E-state index in [1.165, 1.54) is 0 Å². The minimum absolute atomic E-state index is 0.104. The molecule has 1 aromatic rings. The largest absolute Gasteiger partial charge is 0.391 e. The van der Waals surface area contributed by atoms with E-state index in [9.17, 15) is 5.11 Å². The summed E-state index contributed by atoms with van der Waals surface area (Å²) < 4.78 is 0. The summed E-state index contributed by atoms with van der Waals surface area (Å²) in [6, 6.07) is 5.70. The highest BCUT2D eigenvalue weighted by Crippen LogP contribution is 2.28. The van der Waals surface area contributed by atoms with Gasteiger partial charge in [-0.2, -0.15) is 5.26 Å². The molecule has 0 bridgehead atoms. The molecule has 1 N–H and O–H groups in total. The molecule has 1 heterocycles. The summed E-state index contributed by atoms with van der Waals surface area (Å²) in [5.41, 5.74) is 0.555. The quantitative estimate of drug-likeness (QED) is 0.776. The molecule has 0 amide bonds. The minimum Gasteiger partial charge on any atom is -0.391 e. The Hall–Kier alpha value is -1.60. The number of pyridine rings is 1. The third kappa shape index (κ3) is 1.66. The molecule has 1 aromatic heterocycles. The summed E-state index contributed by atoms with van der Waals surface area (Å²) in [6.07, 6.45) is 3.17. The Morgan fingerprint density at radius 3 is 2.93 bits per heavy atom. The molecule has 0 aliphatic heterocycles. The first-order chi connectivity index (χ1) is 7.24. The predicted molar refractivity (Wildman–Crippen MR) is 56.4 cm³/mol. The van der Waals surface area contributed by atoms with Crippen molar-refractivity contribution in [3.63, 3.8) is 0 Å². The molecule has 2 atom stereocenters. The zero-order valence-corrected chi connectivity index (χ0v) is 8.59. The third-order valence-corrected chi connectivity index (χ3v) is 2.94. The Kier molecular flexibility index (Phi) is 2.57. The van der Waals surface area contributed by atoms with Crippen molar-refractivity contribution in [3.8, 4) is 6.07 Å². The Bertz CT molecular complexity index is 399. The number of hydrogen-bond donors (Lipinski definition) is 1. The molecule has 2 unspecified atom stereocenters. The summed E-state index contributed by atoms with van der Waals surface area (Å²) >= 11 is 0. The number of nitrogens with zero attached hydrogens (tertiary/aromatic N) is 3. The van der Waals surface area contributed by atoms with Gasteiger partial charge >= 0.3 is 0 Å². The van der Waals surface area contributed by atoms with Crippen LogP contribution in [-0.2, 0) is 0 Å². The molecule has 78 valence electrons. The SMILES string of the molecule is CN(c1ncccc1C#N)C1CCC1O.